The molecule has 2 aliphatic rings. The molecule has 2 heterocycles. The number of benzene rings is 2. The van der Waals surface area contributed by atoms with Crippen LogP contribution in [-0.2, 0) is 22.6 Å². The number of halogens is 1. The largest absolute Gasteiger partial charge is 0.374 e. The Labute approximate surface area is 224 Å². The molecule has 0 unspecified atom stereocenters. The molecule has 0 amide bonds. The number of morpholine rings is 2. The third-order valence-corrected chi connectivity index (χ3v) is 7.60. The maximum Gasteiger partial charge on any atom is 0.0838 e. The highest BCUT2D eigenvalue weighted by atomic mass is 35.5. The minimum absolute atomic E-state index is 0.182. The third kappa shape index (κ3) is 9.44. The first-order chi connectivity index (χ1) is 17.5. The molecule has 2 saturated heterocycles. The average Bonchev–Trinajstić information content (AvgIpc) is 2.92. The molecule has 0 bridgehead atoms. The lowest BCUT2D eigenvalue weighted by Crippen LogP contribution is -2.51. The SMILES string of the molecule is CCN(CC)C[C@@H]1CN(Cc2ccccc2)[C@@H](C)CO1.C[C@H]1CO[C@H](CCl)CN1Cc1ccccc1. The Morgan fingerprint density at radius 3 is 1.64 bits per heavy atom. The third-order valence-electron chi connectivity index (χ3n) is 7.25. The van der Waals surface area contributed by atoms with Crippen LogP contribution in [0.1, 0.15) is 38.8 Å². The van der Waals surface area contributed by atoms with Gasteiger partial charge in [-0.2, -0.15) is 0 Å². The van der Waals surface area contributed by atoms with Crippen molar-refractivity contribution in [3.8, 4) is 0 Å². The first-order valence-electron chi connectivity index (χ1n) is 13.6. The number of likely N-dealkylation sites (N-methyl/N-ethyl adjacent to an activating group) is 1. The second kappa shape index (κ2) is 15.7. The highest BCUT2D eigenvalue weighted by Crippen LogP contribution is 2.17. The Kier molecular flexibility index (Phi) is 12.7. The minimum Gasteiger partial charge on any atom is -0.374 e. The Balaban J connectivity index is 0.000000205. The zero-order chi connectivity index (χ0) is 25.8. The topological polar surface area (TPSA) is 28.2 Å². The van der Waals surface area contributed by atoms with Gasteiger partial charge in [0.1, 0.15) is 0 Å². The number of hydrogen-bond acceptors (Lipinski definition) is 5. The predicted octanol–water partition coefficient (Wildman–Crippen LogP) is 5.13. The molecule has 0 aromatic heterocycles. The van der Waals surface area contributed by atoms with Crippen LogP contribution in [-0.4, -0.2) is 90.8 Å². The maximum atomic E-state index is 6.01. The Hall–Kier alpha value is -1.47. The number of hydrogen-bond donors (Lipinski definition) is 0. The summed E-state index contributed by atoms with van der Waals surface area (Å²) in [6.07, 6.45) is 0.524. The van der Waals surface area contributed by atoms with Crippen LogP contribution >= 0.6 is 11.6 Å². The van der Waals surface area contributed by atoms with Crippen LogP contribution in [0.5, 0.6) is 0 Å². The molecule has 2 fully saturated rings. The first kappa shape index (κ1) is 29.1. The van der Waals surface area contributed by atoms with Gasteiger partial charge < -0.3 is 14.4 Å². The van der Waals surface area contributed by atoms with Gasteiger partial charge in [0.25, 0.3) is 0 Å². The van der Waals surface area contributed by atoms with Crippen LogP contribution < -0.4 is 0 Å². The summed E-state index contributed by atoms with van der Waals surface area (Å²) >= 11 is 5.84. The van der Waals surface area contributed by atoms with E-state index in [1.54, 1.807) is 0 Å². The van der Waals surface area contributed by atoms with Gasteiger partial charge in [-0.3, -0.25) is 9.80 Å². The van der Waals surface area contributed by atoms with Crippen molar-refractivity contribution in [2.75, 3.05) is 51.8 Å². The Bertz CT molecular complexity index is 837. The molecule has 200 valence electrons. The summed E-state index contributed by atoms with van der Waals surface area (Å²) in [5.41, 5.74) is 2.74. The van der Waals surface area contributed by atoms with Gasteiger partial charge in [-0.15, -0.1) is 11.6 Å². The van der Waals surface area contributed by atoms with Crippen molar-refractivity contribution in [1.29, 1.82) is 0 Å². The minimum atomic E-state index is 0.182. The second-order valence-corrected chi connectivity index (χ2v) is 10.4. The standard InChI is InChI=1S/C17H28N2O.C13H18ClNO/c1-4-18(5-2)12-17-13-19(15(3)14-20-17)11-16-9-7-6-8-10-16;1-11-10-16-13(7-14)9-15(11)8-12-5-3-2-4-6-12/h6-10,15,17H,4-5,11-14H2,1-3H3;2-6,11,13H,7-10H2,1H3/t15-,17+;11-,13+/m00/s1. The van der Waals surface area contributed by atoms with Crippen molar-refractivity contribution in [3.63, 3.8) is 0 Å². The normalized spacial score (nSPS) is 25.4. The van der Waals surface area contributed by atoms with E-state index in [9.17, 15) is 0 Å². The van der Waals surface area contributed by atoms with Crippen LogP contribution in [0.3, 0.4) is 0 Å². The number of alkyl halides is 1. The lowest BCUT2D eigenvalue weighted by molar-refractivity contribution is -0.0719. The summed E-state index contributed by atoms with van der Waals surface area (Å²) in [4.78, 5) is 7.43. The van der Waals surface area contributed by atoms with Gasteiger partial charge in [0.15, 0.2) is 0 Å². The van der Waals surface area contributed by atoms with Crippen LogP contribution in [0.25, 0.3) is 0 Å². The molecule has 0 N–H and O–H groups in total. The van der Waals surface area contributed by atoms with E-state index < -0.39 is 0 Å². The fraction of sp³-hybridized carbons (Fsp3) is 0.600. The van der Waals surface area contributed by atoms with Gasteiger partial charge in [0.2, 0.25) is 0 Å². The summed E-state index contributed by atoms with van der Waals surface area (Å²) in [6, 6.07) is 22.3. The van der Waals surface area contributed by atoms with Gasteiger partial charge in [0, 0.05) is 50.7 Å². The molecule has 0 spiro atoms. The van der Waals surface area contributed by atoms with Crippen molar-refractivity contribution in [3.05, 3.63) is 71.8 Å². The summed E-state index contributed by atoms with van der Waals surface area (Å²) in [6.45, 7) is 17.8. The smallest absolute Gasteiger partial charge is 0.0838 e. The molecule has 5 nitrogen and oxygen atoms in total. The van der Waals surface area contributed by atoms with E-state index in [2.05, 4.69) is 97.0 Å². The zero-order valence-corrected chi connectivity index (χ0v) is 23.4. The van der Waals surface area contributed by atoms with E-state index in [1.165, 1.54) is 11.1 Å². The van der Waals surface area contributed by atoms with E-state index >= 15 is 0 Å². The van der Waals surface area contributed by atoms with Crippen molar-refractivity contribution >= 4 is 11.6 Å². The predicted molar refractivity (Wildman–Crippen MR) is 151 cm³/mol. The molecule has 2 aromatic rings. The monoisotopic (exact) mass is 515 g/mol. The van der Waals surface area contributed by atoms with Crippen LogP contribution in [0.15, 0.2) is 60.7 Å². The first-order valence-corrected chi connectivity index (χ1v) is 14.1. The highest BCUT2D eigenvalue weighted by molar-refractivity contribution is 6.18. The second-order valence-electron chi connectivity index (χ2n) is 10.1. The van der Waals surface area contributed by atoms with Gasteiger partial charge >= 0.3 is 0 Å². The van der Waals surface area contributed by atoms with Crippen LogP contribution in [0, 0.1) is 0 Å². The lowest BCUT2D eigenvalue weighted by atomic mass is 10.1. The van der Waals surface area contributed by atoms with Gasteiger partial charge in [-0.25, -0.2) is 0 Å². The Morgan fingerprint density at radius 1 is 0.750 bits per heavy atom. The highest BCUT2D eigenvalue weighted by Gasteiger charge is 2.27. The average molecular weight is 516 g/mol. The molecule has 0 aliphatic carbocycles. The summed E-state index contributed by atoms with van der Waals surface area (Å²) in [5.74, 6) is 0.581. The molecule has 4 rings (SSSR count). The van der Waals surface area contributed by atoms with Gasteiger partial charge in [-0.05, 0) is 38.1 Å². The van der Waals surface area contributed by atoms with E-state index in [4.69, 9.17) is 21.1 Å². The molecule has 6 heteroatoms. The summed E-state index contributed by atoms with van der Waals surface area (Å²) < 4.78 is 11.6. The lowest BCUT2D eigenvalue weighted by Gasteiger charge is -2.39. The van der Waals surface area contributed by atoms with Crippen LogP contribution in [0.4, 0.5) is 0 Å². The van der Waals surface area contributed by atoms with Crippen molar-refractivity contribution in [1.82, 2.24) is 14.7 Å². The van der Waals surface area contributed by atoms with Crippen molar-refractivity contribution in [2.24, 2.45) is 0 Å². The molecule has 2 aromatic carbocycles. The van der Waals surface area contributed by atoms with Gasteiger partial charge in [0.05, 0.1) is 25.4 Å². The quantitative estimate of drug-likeness (QED) is 0.431. The van der Waals surface area contributed by atoms with E-state index in [0.717, 1.165) is 59.0 Å². The van der Waals surface area contributed by atoms with E-state index in [0.29, 0.717) is 24.1 Å². The number of rotatable bonds is 9. The van der Waals surface area contributed by atoms with Crippen molar-refractivity contribution in [2.45, 2.75) is 65.1 Å². The maximum absolute atomic E-state index is 6.01. The number of nitrogens with zero attached hydrogens (tertiary/aromatic N) is 3. The van der Waals surface area contributed by atoms with E-state index in [-0.39, 0.29) is 6.10 Å². The summed E-state index contributed by atoms with van der Waals surface area (Å²) in [5, 5.41) is 0. The summed E-state index contributed by atoms with van der Waals surface area (Å²) in [7, 11) is 0. The molecule has 0 radical (unpaired) electrons. The Morgan fingerprint density at radius 2 is 1.19 bits per heavy atom. The molecular formula is C30H46ClN3O2. The fourth-order valence-corrected chi connectivity index (χ4v) is 4.99. The molecule has 0 saturated carbocycles. The molecule has 36 heavy (non-hydrogen) atoms. The molecule has 4 atom stereocenters. The van der Waals surface area contributed by atoms with Gasteiger partial charge in [-0.1, -0.05) is 74.5 Å². The number of ether oxygens (including phenoxy) is 2. The zero-order valence-electron chi connectivity index (χ0n) is 22.7. The van der Waals surface area contributed by atoms with E-state index in [1.807, 2.05) is 6.07 Å². The van der Waals surface area contributed by atoms with Crippen molar-refractivity contribution < 1.29 is 9.47 Å². The molecule has 2 aliphatic heterocycles. The molecular weight excluding hydrogens is 470 g/mol. The fourth-order valence-electron chi connectivity index (χ4n) is 4.80. The van der Waals surface area contributed by atoms with Crippen LogP contribution in [0.2, 0.25) is 0 Å².